The Kier molecular flexibility index (Phi) is 7.46. The predicted octanol–water partition coefficient (Wildman–Crippen LogP) is 4.11. The summed E-state index contributed by atoms with van der Waals surface area (Å²) in [6.45, 7) is 8.43. The molecule has 1 aliphatic rings. The molecule has 1 fully saturated rings. The van der Waals surface area contributed by atoms with Crippen LogP contribution in [0.25, 0.3) is 0 Å². The summed E-state index contributed by atoms with van der Waals surface area (Å²) in [5.41, 5.74) is 4.59. The van der Waals surface area contributed by atoms with Crippen molar-refractivity contribution in [3.63, 3.8) is 0 Å². The van der Waals surface area contributed by atoms with Crippen molar-refractivity contribution in [3.05, 3.63) is 63.4 Å². The molecule has 1 saturated carbocycles. The SMILES string of the molecule is CCNC(=O)c1cc(Cl)ccn1.Cc1cc(C)c(C2C(=O)CCC2=O)c(C)c1. The van der Waals surface area contributed by atoms with E-state index in [4.69, 9.17) is 11.6 Å². The van der Waals surface area contributed by atoms with Crippen LogP contribution in [0, 0.1) is 20.8 Å². The number of nitrogens with one attached hydrogen (secondary N) is 1. The molecule has 28 heavy (non-hydrogen) atoms. The highest BCUT2D eigenvalue weighted by Gasteiger charge is 2.35. The van der Waals surface area contributed by atoms with Gasteiger partial charge in [0.25, 0.3) is 5.91 Å². The fourth-order valence-electron chi connectivity index (χ4n) is 3.46. The Morgan fingerprint density at radius 1 is 1.11 bits per heavy atom. The molecule has 3 rings (SSSR count). The largest absolute Gasteiger partial charge is 0.351 e. The van der Waals surface area contributed by atoms with E-state index in [0.29, 0.717) is 30.1 Å². The second kappa shape index (κ2) is 9.60. The van der Waals surface area contributed by atoms with Gasteiger partial charge in [0.1, 0.15) is 23.2 Å². The Morgan fingerprint density at radius 2 is 1.68 bits per heavy atom. The number of rotatable bonds is 3. The van der Waals surface area contributed by atoms with Crippen LogP contribution in [-0.2, 0) is 9.59 Å². The van der Waals surface area contributed by atoms with Crippen LogP contribution in [0.5, 0.6) is 0 Å². The van der Waals surface area contributed by atoms with Crippen LogP contribution in [-0.4, -0.2) is 29.0 Å². The quantitative estimate of drug-likeness (QED) is 0.786. The number of hydrogen-bond acceptors (Lipinski definition) is 4. The topological polar surface area (TPSA) is 76.1 Å². The first-order valence-corrected chi connectivity index (χ1v) is 9.65. The zero-order chi connectivity index (χ0) is 20.8. The number of halogens is 1. The van der Waals surface area contributed by atoms with Gasteiger partial charge in [-0.3, -0.25) is 19.4 Å². The highest BCUT2D eigenvalue weighted by Crippen LogP contribution is 2.33. The first kappa shape index (κ1) is 21.8. The summed E-state index contributed by atoms with van der Waals surface area (Å²) in [6.07, 6.45) is 2.33. The van der Waals surface area contributed by atoms with Crippen molar-refractivity contribution in [2.75, 3.05) is 6.54 Å². The van der Waals surface area contributed by atoms with Crippen molar-refractivity contribution in [2.24, 2.45) is 0 Å². The van der Waals surface area contributed by atoms with Crippen molar-refractivity contribution in [3.8, 4) is 0 Å². The lowest BCUT2D eigenvalue weighted by Gasteiger charge is -2.15. The number of aryl methyl sites for hydroxylation is 3. The average Bonchev–Trinajstić information content (AvgIpc) is 2.94. The summed E-state index contributed by atoms with van der Waals surface area (Å²) in [4.78, 5) is 38.5. The van der Waals surface area contributed by atoms with E-state index in [1.165, 1.54) is 17.8 Å². The summed E-state index contributed by atoms with van der Waals surface area (Å²) in [5.74, 6) is -0.513. The normalized spacial score (nSPS) is 13.9. The van der Waals surface area contributed by atoms with Crippen molar-refractivity contribution >= 4 is 29.1 Å². The number of amides is 1. The summed E-state index contributed by atoms with van der Waals surface area (Å²) in [5, 5.41) is 3.15. The lowest BCUT2D eigenvalue weighted by Crippen LogP contribution is -2.23. The van der Waals surface area contributed by atoms with E-state index in [2.05, 4.69) is 10.3 Å². The van der Waals surface area contributed by atoms with Gasteiger partial charge < -0.3 is 5.32 Å². The molecule has 1 aromatic carbocycles. The maximum Gasteiger partial charge on any atom is 0.269 e. The Morgan fingerprint density at radius 3 is 2.18 bits per heavy atom. The van der Waals surface area contributed by atoms with Gasteiger partial charge >= 0.3 is 0 Å². The highest BCUT2D eigenvalue weighted by molar-refractivity contribution is 6.30. The molecule has 0 spiro atoms. The molecule has 0 atom stereocenters. The minimum Gasteiger partial charge on any atom is -0.351 e. The number of benzene rings is 1. The predicted molar refractivity (Wildman–Crippen MR) is 110 cm³/mol. The molecule has 0 bridgehead atoms. The van der Waals surface area contributed by atoms with Crippen LogP contribution >= 0.6 is 11.6 Å². The minimum atomic E-state index is -0.486. The van der Waals surface area contributed by atoms with Crippen LogP contribution in [0.2, 0.25) is 5.02 Å². The Bertz CT molecular complexity index is 869. The Labute approximate surface area is 170 Å². The minimum absolute atomic E-state index is 0.0834. The van der Waals surface area contributed by atoms with Crippen LogP contribution in [0.1, 0.15) is 58.4 Å². The monoisotopic (exact) mass is 400 g/mol. The third-order valence-corrected chi connectivity index (χ3v) is 4.82. The number of ketones is 2. The highest BCUT2D eigenvalue weighted by atomic mass is 35.5. The maximum atomic E-state index is 11.8. The van der Waals surface area contributed by atoms with Crippen LogP contribution in [0.3, 0.4) is 0 Å². The van der Waals surface area contributed by atoms with Crippen LogP contribution < -0.4 is 5.32 Å². The van der Waals surface area contributed by atoms with E-state index in [0.717, 1.165) is 16.7 Å². The average molecular weight is 401 g/mol. The van der Waals surface area contributed by atoms with Gasteiger partial charge in [-0.25, -0.2) is 0 Å². The van der Waals surface area contributed by atoms with Gasteiger partial charge in [0.05, 0.1) is 0 Å². The first-order chi connectivity index (χ1) is 13.2. The number of carbonyl (C=O) groups excluding carboxylic acids is 3. The summed E-state index contributed by atoms with van der Waals surface area (Å²) in [7, 11) is 0. The lowest BCUT2D eigenvalue weighted by atomic mass is 9.87. The van der Waals surface area contributed by atoms with Crippen LogP contribution in [0.15, 0.2) is 30.5 Å². The summed E-state index contributed by atoms with van der Waals surface area (Å²) >= 11 is 5.67. The summed E-state index contributed by atoms with van der Waals surface area (Å²) in [6, 6.07) is 7.25. The fourth-order valence-corrected chi connectivity index (χ4v) is 3.62. The van der Waals surface area contributed by atoms with Crippen molar-refractivity contribution in [1.82, 2.24) is 10.3 Å². The van der Waals surface area contributed by atoms with Gasteiger partial charge in [0.2, 0.25) is 0 Å². The number of nitrogens with zero attached hydrogens (tertiary/aromatic N) is 1. The zero-order valence-electron chi connectivity index (χ0n) is 16.6. The van der Waals surface area contributed by atoms with Crippen molar-refractivity contribution in [2.45, 2.75) is 46.5 Å². The molecule has 148 valence electrons. The molecule has 1 aliphatic carbocycles. The first-order valence-electron chi connectivity index (χ1n) is 9.27. The van der Waals surface area contributed by atoms with Gasteiger partial charge in [-0.05, 0) is 56.5 Å². The maximum absolute atomic E-state index is 11.8. The molecule has 2 aromatic rings. The standard InChI is InChI=1S/C14H16O2.C8H9ClN2O/c1-8-6-9(2)13(10(3)7-8)14-11(15)4-5-12(14)16;1-2-10-8(12)7-5-6(9)3-4-11-7/h6-7,14H,4-5H2,1-3H3;3-5H,2H2,1H3,(H,10,12). The molecule has 5 nitrogen and oxygen atoms in total. The van der Waals surface area contributed by atoms with E-state index < -0.39 is 5.92 Å². The van der Waals surface area contributed by atoms with Crippen LogP contribution in [0.4, 0.5) is 0 Å². The van der Waals surface area contributed by atoms with Crippen molar-refractivity contribution in [1.29, 1.82) is 0 Å². The third-order valence-electron chi connectivity index (χ3n) is 4.58. The molecule has 1 aromatic heterocycles. The molecule has 1 N–H and O–H groups in total. The molecule has 0 unspecified atom stereocenters. The lowest BCUT2D eigenvalue weighted by molar-refractivity contribution is -0.123. The molecule has 0 saturated heterocycles. The third kappa shape index (κ3) is 5.26. The molecule has 1 heterocycles. The van der Waals surface area contributed by atoms with Gasteiger partial charge in [0.15, 0.2) is 0 Å². The van der Waals surface area contributed by atoms with E-state index in [-0.39, 0.29) is 17.5 Å². The zero-order valence-corrected chi connectivity index (χ0v) is 17.4. The van der Waals surface area contributed by atoms with Gasteiger partial charge in [-0.1, -0.05) is 29.3 Å². The van der Waals surface area contributed by atoms with Gasteiger partial charge in [-0.2, -0.15) is 0 Å². The van der Waals surface area contributed by atoms with E-state index >= 15 is 0 Å². The number of pyridine rings is 1. The molecule has 0 aliphatic heterocycles. The van der Waals surface area contributed by atoms with Crippen molar-refractivity contribution < 1.29 is 14.4 Å². The number of aromatic nitrogens is 1. The second-order valence-electron chi connectivity index (χ2n) is 6.90. The van der Waals surface area contributed by atoms with Gasteiger partial charge in [0, 0.05) is 30.6 Å². The molecular weight excluding hydrogens is 376 g/mol. The molecular formula is C22H25ClN2O3. The Hall–Kier alpha value is -2.53. The van der Waals surface area contributed by atoms with E-state index in [9.17, 15) is 14.4 Å². The summed E-state index contributed by atoms with van der Waals surface area (Å²) < 4.78 is 0. The van der Waals surface area contributed by atoms with E-state index in [1.807, 2.05) is 39.8 Å². The molecule has 1 amide bonds. The van der Waals surface area contributed by atoms with Gasteiger partial charge in [-0.15, -0.1) is 0 Å². The number of Topliss-reactive ketones (excluding diaryl/α,β-unsaturated/α-hetero) is 2. The Balaban J connectivity index is 0.000000209. The smallest absolute Gasteiger partial charge is 0.269 e. The number of hydrogen-bond donors (Lipinski definition) is 1. The molecule has 0 radical (unpaired) electrons. The molecule has 6 heteroatoms. The van der Waals surface area contributed by atoms with E-state index in [1.54, 1.807) is 6.07 Å². The second-order valence-corrected chi connectivity index (χ2v) is 7.33. The fraction of sp³-hybridized carbons (Fsp3) is 0.364. The number of carbonyl (C=O) groups is 3.